The van der Waals surface area contributed by atoms with Gasteiger partial charge in [-0.25, -0.2) is 4.68 Å². The molecule has 1 aromatic heterocycles. The molecular formula is C13H19N5O2. The van der Waals surface area contributed by atoms with Gasteiger partial charge in [-0.05, 0) is 35.9 Å². The van der Waals surface area contributed by atoms with Gasteiger partial charge in [0.15, 0.2) is 5.82 Å². The lowest BCUT2D eigenvalue weighted by Gasteiger charge is -2.13. The number of rotatable bonds is 6. The Morgan fingerprint density at radius 1 is 1.30 bits per heavy atom. The lowest BCUT2D eigenvalue weighted by atomic mass is 10.1. The number of nitrogens with zero attached hydrogens (tertiary/aromatic N) is 4. The largest absolute Gasteiger partial charge is 0.497 e. The number of anilines is 1. The van der Waals surface area contributed by atoms with E-state index in [-0.39, 0.29) is 6.04 Å². The Kier molecular flexibility index (Phi) is 4.52. The number of hydrogen-bond donors (Lipinski definition) is 1. The van der Waals surface area contributed by atoms with Gasteiger partial charge < -0.3 is 15.2 Å². The van der Waals surface area contributed by atoms with Gasteiger partial charge in [0.1, 0.15) is 5.75 Å². The molecule has 0 radical (unpaired) electrons. The molecule has 1 heterocycles. The van der Waals surface area contributed by atoms with E-state index in [0.29, 0.717) is 23.9 Å². The van der Waals surface area contributed by atoms with Crippen molar-refractivity contribution >= 4 is 5.69 Å². The van der Waals surface area contributed by atoms with Crippen molar-refractivity contribution in [2.45, 2.75) is 19.4 Å². The molecule has 0 aliphatic carbocycles. The van der Waals surface area contributed by atoms with Gasteiger partial charge in [0.05, 0.1) is 13.2 Å². The summed E-state index contributed by atoms with van der Waals surface area (Å²) in [4.78, 5) is 0. The van der Waals surface area contributed by atoms with Crippen LogP contribution in [0.2, 0.25) is 0 Å². The van der Waals surface area contributed by atoms with Crippen LogP contribution in [0.5, 0.6) is 5.75 Å². The number of aromatic nitrogens is 4. The molecule has 7 nitrogen and oxygen atoms in total. The summed E-state index contributed by atoms with van der Waals surface area (Å²) in [5, 5.41) is 11.9. The summed E-state index contributed by atoms with van der Waals surface area (Å²) in [5.74, 6) is 1.35. The SMILES string of the molecule is COCCC(C)n1nnnc1-c1cc(N)cc(OC)c1. The molecule has 0 saturated carbocycles. The lowest BCUT2D eigenvalue weighted by molar-refractivity contribution is 0.178. The zero-order valence-electron chi connectivity index (χ0n) is 11.9. The van der Waals surface area contributed by atoms with E-state index in [1.165, 1.54) is 0 Å². The molecule has 1 unspecified atom stereocenters. The highest BCUT2D eigenvalue weighted by molar-refractivity contribution is 5.64. The normalized spacial score (nSPS) is 12.3. The van der Waals surface area contributed by atoms with Gasteiger partial charge in [-0.3, -0.25) is 0 Å². The van der Waals surface area contributed by atoms with Crippen molar-refractivity contribution < 1.29 is 9.47 Å². The summed E-state index contributed by atoms with van der Waals surface area (Å²) < 4.78 is 12.1. The first-order chi connectivity index (χ1) is 9.65. The van der Waals surface area contributed by atoms with Crippen LogP contribution in [-0.4, -0.2) is 41.0 Å². The second kappa shape index (κ2) is 6.33. The highest BCUT2D eigenvalue weighted by Gasteiger charge is 2.15. The molecule has 0 saturated heterocycles. The summed E-state index contributed by atoms with van der Waals surface area (Å²) in [6.07, 6.45) is 0.827. The molecular weight excluding hydrogens is 258 g/mol. The average molecular weight is 277 g/mol. The van der Waals surface area contributed by atoms with Crippen LogP contribution in [0.3, 0.4) is 0 Å². The molecule has 108 valence electrons. The van der Waals surface area contributed by atoms with Crippen LogP contribution in [0.1, 0.15) is 19.4 Å². The lowest BCUT2D eigenvalue weighted by Crippen LogP contribution is -2.11. The van der Waals surface area contributed by atoms with Crippen LogP contribution in [0, 0.1) is 0 Å². The number of tetrazole rings is 1. The third kappa shape index (κ3) is 3.05. The van der Waals surface area contributed by atoms with Gasteiger partial charge in [0, 0.05) is 31.0 Å². The number of nitrogen functional groups attached to an aromatic ring is 1. The number of ether oxygens (including phenoxy) is 2. The smallest absolute Gasteiger partial charge is 0.182 e. The van der Waals surface area contributed by atoms with Gasteiger partial charge >= 0.3 is 0 Å². The molecule has 0 aliphatic heterocycles. The first-order valence-electron chi connectivity index (χ1n) is 6.37. The van der Waals surface area contributed by atoms with Crippen LogP contribution < -0.4 is 10.5 Å². The molecule has 1 aromatic carbocycles. The quantitative estimate of drug-likeness (QED) is 0.805. The summed E-state index contributed by atoms with van der Waals surface area (Å²) in [6.45, 7) is 2.70. The predicted molar refractivity (Wildman–Crippen MR) is 75.4 cm³/mol. The standard InChI is InChI=1S/C13H19N5O2/c1-9(4-5-19-2)18-13(15-16-17-18)10-6-11(14)8-12(7-10)20-3/h6-9H,4-5,14H2,1-3H3. The van der Waals surface area contributed by atoms with Gasteiger partial charge in [-0.2, -0.15) is 0 Å². The van der Waals surface area contributed by atoms with E-state index in [1.54, 1.807) is 25.0 Å². The van der Waals surface area contributed by atoms with E-state index < -0.39 is 0 Å². The monoisotopic (exact) mass is 277 g/mol. The fraction of sp³-hybridized carbons (Fsp3) is 0.462. The second-order valence-electron chi connectivity index (χ2n) is 4.57. The van der Waals surface area contributed by atoms with Gasteiger partial charge in [-0.1, -0.05) is 0 Å². The molecule has 20 heavy (non-hydrogen) atoms. The minimum absolute atomic E-state index is 0.132. The molecule has 1 atom stereocenters. The van der Waals surface area contributed by atoms with Crippen molar-refractivity contribution in [3.05, 3.63) is 18.2 Å². The van der Waals surface area contributed by atoms with E-state index in [2.05, 4.69) is 15.5 Å². The molecule has 2 rings (SSSR count). The Balaban J connectivity index is 2.34. The number of benzene rings is 1. The highest BCUT2D eigenvalue weighted by atomic mass is 16.5. The van der Waals surface area contributed by atoms with Gasteiger partial charge in [0.2, 0.25) is 0 Å². The first-order valence-corrected chi connectivity index (χ1v) is 6.37. The molecule has 7 heteroatoms. The number of nitrogens with two attached hydrogens (primary N) is 1. The molecule has 0 amide bonds. The van der Waals surface area contributed by atoms with Gasteiger partial charge in [-0.15, -0.1) is 5.10 Å². The summed E-state index contributed by atoms with van der Waals surface area (Å²) in [7, 11) is 3.28. The maximum absolute atomic E-state index is 5.87. The van der Waals surface area contributed by atoms with Crippen molar-refractivity contribution in [3.63, 3.8) is 0 Å². The minimum atomic E-state index is 0.132. The molecule has 0 bridgehead atoms. The highest BCUT2D eigenvalue weighted by Crippen LogP contribution is 2.27. The van der Waals surface area contributed by atoms with Crippen LogP contribution >= 0.6 is 0 Å². The van der Waals surface area contributed by atoms with Crippen molar-refractivity contribution in [2.24, 2.45) is 0 Å². The molecule has 2 N–H and O–H groups in total. The van der Waals surface area contributed by atoms with Crippen molar-refractivity contribution in [3.8, 4) is 17.1 Å². The van der Waals surface area contributed by atoms with E-state index in [0.717, 1.165) is 12.0 Å². The number of methoxy groups -OCH3 is 2. The summed E-state index contributed by atoms with van der Waals surface area (Å²) in [6, 6.07) is 5.58. The zero-order valence-corrected chi connectivity index (χ0v) is 11.9. The number of hydrogen-bond acceptors (Lipinski definition) is 6. The average Bonchev–Trinajstić information content (AvgIpc) is 2.93. The predicted octanol–water partition coefficient (Wildman–Crippen LogP) is 1.53. The van der Waals surface area contributed by atoms with Crippen LogP contribution in [-0.2, 0) is 4.74 Å². The second-order valence-corrected chi connectivity index (χ2v) is 4.57. The Bertz CT molecular complexity index is 570. The van der Waals surface area contributed by atoms with Gasteiger partial charge in [0.25, 0.3) is 0 Å². The van der Waals surface area contributed by atoms with Crippen molar-refractivity contribution in [1.82, 2.24) is 20.2 Å². The zero-order chi connectivity index (χ0) is 14.5. The molecule has 2 aromatic rings. The van der Waals surface area contributed by atoms with E-state index in [1.807, 2.05) is 19.1 Å². The third-order valence-corrected chi connectivity index (χ3v) is 3.07. The Morgan fingerprint density at radius 2 is 2.10 bits per heavy atom. The Labute approximate surface area is 117 Å². The van der Waals surface area contributed by atoms with Crippen molar-refractivity contribution in [2.75, 3.05) is 26.6 Å². The van der Waals surface area contributed by atoms with Crippen LogP contribution in [0.25, 0.3) is 11.4 Å². The summed E-state index contributed by atoms with van der Waals surface area (Å²) >= 11 is 0. The Hall–Kier alpha value is -2.15. The summed E-state index contributed by atoms with van der Waals surface area (Å²) in [5.41, 5.74) is 7.31. The fourth-order valence-corrected chi connectivity index (χ4v) is 1.96. The Morgan fingerprint density at radius 3 is 2.80 bits per heavy atom. The van der Waals surface area contributed by atoms with E-state index in [9.17, 15) is 0 Å². The molecule has 0 aliphatic rings. The van der Waals surface area contributed by atoms with Crippen LogP contribution in [0.15, 0.2) is 18.2 Å². The molecule has 0 spiro atoms. The molecule has 0 fully saturated rings. The maximum atomic E-state index is 5.87. The first kappa shape index (κ1) is 14.3. The van der Waals surface area contributed by atoms with E-state index in [4.69, 9.17) is 15.2 Å². The maximum Gasteiger partial charge on any atom is 0.182 e. The van der Waals surface area contributed by atoms with Crippen molar-refractivity contribution in [1.29, 1.82) is 0 Å². The van der Waals surface area contributed by atoms with E-state index >= 15 is 0 Å². The topological polar surface area (TPSA) is 88.1 Å². The minimum Gasteiger partial charge on any atom is -0.497 e. The van der Waals surface area contributed by atoms with Crippen LogP contribution in [0.4, 0.5) is 5.69 Å². The third-order valence-electron chi connectivity index (χ3n) is 3.07. The fourth-order valence-electron chi connectivity index (χ4n) is 1.96.